The highest BCUT2D eigenvalue weighted by Crippen LogP contribution is 2.31. The molecule has 2 nitrogen and oxygen atoms in total. The Kier molecular flexibility index (Phi) is 3.89. The zero-order valence-corrected chi connectivity index (χ0v) is 10.4. The van der Waals surface area contributed by atoms with Gasteiger partial charge in [-0.25, -0.2) is 4.79 Å². The number of halogens is 1. The van der Waals surface area contributed by atoms with Gasteiger partial charge in [-0.05, 0) is 39.6 Å². The summed E-state index contributed by atoms with van der Waals surface area (Å²) in [5.41, 5.74) is 0.869. The maximum Gasteiger partial charge on any atom is 0.328 e. The lowest BCUT2D eigenvalue weighted by atomic mass is 10.0. The van der Waals surface area contributed by atoms with Gasteiger partial charge < -0.3 is 5.11 Å². The summed E-state index contributed by atoms with van der Waals surface area (Å²) in [4.78, 5) is 11.6. The maximum atomic E-state index is 10.6. The molecule has 1 heterocycles. The van der Waals surface area contributed by atoms with Crippen molar-refractivity contribution < 1.29 is 9.90 Å². The molecule has 0 saturated heterocycles. The number of carbonyl (C=O) groups is 1. The number of aliphatic carboxylic acids is 1. The second-order valence-electron chi connectivity index (χ2n) is 3.20. The van der Waals surface area contributed by atoms with Gasteiger partial charge in [0.15, 0.2) is 0 Å². The minimum Gasteiger partial charge on any atom is -0.478 e. The molecule has 0 amide bonds. The Bertz CT molecular complexity index is 366. The number of rotatable bonds is 3. The van der Waals surface area contributed by atoms with Crippen molar-refractivity contribution in [2.45, 2.75) is 13.8 Å². The lowest BCUT2D eigenvalue weighted by Gasteiger charge is -2.07. The van der Waals surface area contributed by atoms with Crippen LogP contribution in [0.25, 0.3) is 5.57 Å². The lowest BCUT2D eigenvalue weighted by Crippen LogP contribution is -1.96. The first-order chi connectivity index (χ1) is 6.50. The summed E-state index contributed by atoms with van der Waals surface area (Å²) < 4.78 is 1.02. The molecule has 14 heavy (non-hydrogen) atoms. The Morgan fingerprint density at radius 3 is 2.57 bits per heavy atom. The molecule has 1 rings (SSSR count). The third-order valence-electron chi connectivity index (χ3n) is 1.76. The molecule has 0 fully saturated rings. The lowest BCUT2D eigenvalue weighted by molar-refractivity contribution is -0.131. The molecule has 0 atom stereocenters. The van der Waals surface area contributed by atoms with Crippen molar-refractivity contribution in [3.05, 3.63) is 26.9 Å². The van der Waals surface area contributed by atoms with Crippen LogP contribution in [0.4, 0.5) is 0 Å². The number of carboxylic acid groups (broad SMARTS) is 1. The molecule has 0 unspecified atom stereocenters. The number of hydrogen-bond acceptors (Lipinski definition) is 2. The summed E-state index contributed by atoms with van der Waals surface area (Å²) >= 11 is 4.91. The van der Waals surface area contributed by atoms with Crippen molar-refractivity contribution in [2.75, 3.05) is 0 Å². The second kappa shape index (κ2) is 4.75. The van der Waals surface area contributed by atoms with Gasteiger partial charge in [0.1, 0.15) is 0 Å². The van der Waals surface area contributed by atoms with Gasteiger partial charge in [0, 0.05) is 11.0 Å². The zero-order valence-electron chi connectivity index (χ0n) is 7.95. The zero-order chi connectivity index (χ0) is 10.7. The molecule has 1 aromatic heterocycles. The minimum atomic E-state index is -0.891. The van der Waals surface area contributed by atoms with Crippen LogP contribution in [0.3, 0.4) is 0 Å². The first kappa shape index (κ1) is 11.5. The molecule has 76 valence electrons. The molecule has 0 saturated carbocycles. The average molecular weight is 275 g/mol. The van der Waals surface area contributed by atoms with Gasteiger partial charge in [-0.1, -0.05) is 13.8 Å². The number of hydrogen-bond donors (Lipinski definition) is 1. The van der Waals surface area contributed by atoms with Gasteiger partial charge in [0.05, 0.1) is 3.79 Å². The fourth-order valence-electron chi connectivity index (χ4n) is 1.12. The predicted molar refractivity (Wildman–Crippen MR) is 62.5 cm³/mol. The summed E-state index contributed by atoms with van der Waals surface area (Å²) in [7, 11) is 0. The van der Waals surface area contributed by atoms with Crippen LogP contribution in [0.15, 0.2) is 22.0 Å². The van der Waals surface area contributed by atoms with Crippen molar-refractivity contribution in [3.8, 4) is 0 Å². The van der Waals surface area contributed by atoms with Crippen molar-refractivity contribution in [3.63, 3.8) is 0 Å². The summed E-state index contributed by atoms with van der Waals surface area (Å²) in [6.07, 6.45) is 1.28. The van der Waals surface area contributed by atoms with Crippen molar-refractivity contribution >= 4 is 38.8 Å². The van der Waals surface area contributed by atoms with E-state index in [9.17, 15) is 4.79 Å². The highest BCUT2D eigenvalue weighted by molar-refractivity contribution is 9.11. The molecule has 0 aliphatic rings. The van der Waals surface area contributed by atoms with Crippen molar-refractivity contribution in [1.29, 1.82) is 0 Å². The Hall–Kier alpha value is -0.610. The standard InChI is InChI=1S/C10H11BrO2S/c1-6(2)7(5-10(12)13)8-3-4-9(11)14-8/h3-6H,1-2H3,(H,12,13). The smallest absolute Gasteiger partial charge is 0.328 e. The first-order valence-electron chi connectivity index (χ1n) is 4.21. The van der Waals surface area contributed by atoms with E-state index in [0.29, 0.717) is 0 Å². The fourth-order valence-corrected chi connectivity index (χ4v) is 2.67. The van der Waals surface area contributed by atoms with E-state index in [2.05, 4.69) is 15.9 Å². The number of allylic oxidation sites excluding steroid dienone is 1. The second-order valence-corrected chi connectivity index (χ2v) is 5.66. The summed E-state index contributed by atoms with van der Waals surface area (Å²) in [6.45, 7) is 3.98. The Balaban J connectivity index is 3.06. The van der Waals surface area contributed by atoms with Crippen LogP contribution < -0.4 is 0 Å². The van der Waals surface area contributed by atoms with Crippen LogP contribution in [0.2, 0.25) is 0 Å². The van der Waals surface area contributed by atoms with E-state index in [-0.39, 0.29) is 5.92 Å². The summed E-state index contributed by atoms with van der Waals surface area (Å²) in [5, 5.41) is 8.72. The molecular weight excluding hydrogens is 264 g/mol. The molecular formula is C10H11BrO2S. The molecule has 0 aliphatic heterocycles. The van der Waals surface area contributed by atoms with Gasteiger partial charge in [-0.15, -0.1) is 11.3 Å². The maximum absolute atomic E-state index is 10.6. The summed E-state index contributed by atoms with van der Waals surface area (Å²) in [6, 6.07) is 3.86. The first-order valence-corrected chi connectivity index (χ1v) is 5.82. The molecule has 0 radical (unpaired) electrons. The van der Waals surface area contributed by atoms with E-state index in [1.165, 1.54) is 6.08 Å². The van der Waals surface area contributed by atoms with Crippen LogP contribution in [-0.2, 0) is 4.79 Å². The molecule has 0 aliphatic carbocycles. The van der Waals surface area contributed by atoms with Gasteiger partial charge in [0.25, 0.3) is 0 Å². The van der Waals surface area contributed by atoms with Crippen molar-refractivity contribution in [2.24, 2.45) is 5.92 Å². The van der Waals surface area contributed by atoms with E-state index in [0.717, 1.165) is 14.2 Å². The highest BCUT2D eigenvalue weighted by Gasteiger charge is 2.10. The summed E-state index contributed by atoms with van der Waals surface area (Å²) in [5.74, 6) is -0.671. The molecule has 1 aromatic rings. The molecule has 4 heteroatoms. The largest absolute Gasteiger partial charge is 0.478 e. The van der Waals surface area contributed by atoms with Gasteiger partial charge in [0.2, 0.25) is 0 Å². The number of thiophene rings is 1. The minimum absolute atomic E-state index is 0.219. The Morgan fingerprint density at radius 2 is 2.21 bits per heavy atom. The van der Waals surface area contributed by atoms with Crippen molar-refractivity contribution in [1.82, 2.24) is 0 Å². The van der Waals surface area contributed by atoms with E-state index < -0.39 is 5.97 Å². The van der Waals surface area contributed by atoms with Crippen LogP contribution in [0.1, 0.15) is 18.7 Å². The Labute approximate surface area is 95.4 Å². The average Bonchev–Trinajstić information content (AvgIpc) is 2.46. The molecule has 1 N–H and O–H groups in total. The van der Waals surface area contributed by atoms with Crippen LogP contribution in [0.5, 0.6) is 0 Å². The quantitative estimate of drug-likeness (QED) is 0.855. The fraction of sp³-hybridized carbons (Fsp3) is 0.300. The normalized spacial score (nSPS) is 12.1. The third kappa shape index (κ3) is 2.96. The van der Waals surface area contributed by atoms with E-state index in [1.807, 2.05) is 26.0 Å². The van der Waals surface area contributed by atoms with E-state index >= 15 is 0 Å². The predicted octanol–water partition coefficient (Wildman–Crippen LogP) is 3.63. The SMILES string of the molecule is CC(C)C(=CC(=O)O)c1ccc(Br)s1. The van der Waals surface area contributed by atoms with E-state index in [1.54, 1.807) is 11.3 Å². The van der Waals surface area contributed by atoms with Gasteiger partial charge >= 0.3 is 5.97 Å². The molecule has 0 spiro atoms. The third-order valence-corrected chi connectivity index (χ3v) is 3.43. The van der Waals surface area contributed by atoms with E-state index in [4.69, 9.17) is 5.11 Å². The van der Waals surface area contributed by atoms with Gasteiger partial charge in [-0.2, -0.15) is 0 Å². The van der Waals surface area contributed by atoms with Crippen LogP contribution in [-0.4, -0.2) is 11.1 Å². The van der Waals surface area contributed by atoms with Crippen LogP contribution in [0, 0.1) is 5.92 Å². The molecule has 0 bridgehead atoms. The van der Waals surface area contributed by atoms with Gasteiger partial charge in [-0.3, -0.25) is 0 Å². The monoisotopic (exact) mass is 274 g/mol. The molecule has 0 aromatic carbocycles. The number of carboxylic acids is 1. The topological polar surface area (TPSA) is 37.3 Å². The highest BCUT2D eigenvalue weighted by atomic mass is 79.9. The van der Waals surface area contributed by atoms with Crippen LogP contribution >= 0.6 is 27.3 Å². The Morgan fingerprint density at radius 1 is 1.57 bits per heavy atom.